The van der Waals surface area contributed by atoms with Crippen molar-refractivity contribution in [2.45, 2.75) is 25.9 Å². The van der Waals surface area contributed by atoms with E-state index in [0.717, 1.165) is 24.8 Å². The first-order valence-corrected chi connectivity index (χ1v) is 7.34. The molecule has 1 amide bonds. The van der Waals surface area contributed by atoms with Gasteiger partial charge in [-0.1, -0.05) is 42.5 Å². The number of rotatable bonds is 2. The Hall–Kier alpha value is -2.10. The molecule has 21 heavy (non-hydrogen) atoms. The Kier molecular flexibility index (Phi) is 3.78. The van der Waals surface area contributed by atoms with E-state index in [2.05, 4.69) is 12.2 Å². The summed E-state index contributed by atoms with van der Waals surface area (Å²) in [5, 5.41) is 0. The fourth-order valence-electron chi connectivity index (χ4n) is 3.01. The Balaban J connectivity index is 1.54. The average molecular weight is 285 g/mol. The van der Waals surface area contributed by atoms with Crippen LogP contribution in [0.1, 0.15) is 24.8 Å². The zero-order valence-electron chi connectivity index (χ0n) is 12.0. The van der Waals surface area contributed by atoms with E-state index in [4.69, 9.17) is 4.74 Å². The summed E-state index contributed by atoms with van der Waals surface area (Å²) in [6, 6.07) is 9.56. The van der Waals surface area contributed by atoms with Gasteiger partial charge in [0.25, 0.3) is 0 Å². The van der Waals surface area contributed by atoms with Crippen LogP contribution in [0.25, 0.3) is 0 Å². The fourth-order valence-corrected chi connectivity index (χ4v) is 3.01. The van der Waals surface area contributed by atoms with Crippen LogP contribution < -0.4 is 0 Å². The van der Waals surface area contributed by atoms with Gasteiger partial charge in [0.05, 0.1) is 6.54 Å². The summed E-state index contributed by atoms with van der Waals surface area (Å²) in [7, 11) is 0. The Labute approximate surface area is 124 Å². The molecule has 1 saturated heterocycles. The maximum Gasteiger partial charge on any atom is 0.410 e. The van der Waals surface area contributed by atoms with E-state index in [1.807, 2.05) is 30.3 Å². The van der Waals surface area contributed by atoms with Gasteiger partial charge in [-0.3, -0.25) is 4.79 Å². The van der Waals surface area contributed by atoms with Crippen molar-refractivity contribution in [1.82, 2.24) is 4.90 Å². The smallest absolute Gasteiger partial charge is 0.410 e. The SMILES string of the molecule is O=C(OCc1ccccc1)N1CCC2(CC=CC2)C(=O)C1. The molecule has 0 N–H and O–H groups in total. The number of carbonyl (C=O) groups excluding carboxylic acids is 2. The first-order valence-electron chi connectivity index (χ1n) is 7.34. The lowest BCUT2D eigenvalue weighted by atomic mass is 9.75. The van der Waals surface area contributed by atoms with Crippen molar-refractivity contribution in [3.8, 4) is 0 Å². The monoisotopic (exact) mass is 285 g/mol. The first kappa shape index (κ1) is 13.9. The number of nitrogens with zero attached hydrogens (tertiary/aromatic N) is 1. The number of likely N-dealkylation sites (tertiary alicyclic amines) is 1. The largest absolute Gasteiger partial charge is 0.445 e. The number of ether oxygens (including phenoxy) is 1. The Morgan fingerprint density at radius 2 is 1.90 bits per heavy atom. The second kappa shape index (κ2) is 5.72. The van der Waals surface area contributed by atoms with Gasteiger partial charge >= 0.3 is 6.09 Å². The highest BCUT2D eigenvalue weighted by molar-refractivity contribution is 5.90. The number of Topliss-reactive ketones (excluding diaryl/α,β-unsaturated/α-hetero) is 1. The van der Waals surface area contributed by atoms with Gasteiger partial charge in [0.2, 0.25) is 0 Å². The molecular weight excluding hydrogens is 266 g/mol. The molecule has 3 rings (SSSR count). The summed E-state index contributed by atoms with van der Waals surface area (Å²) < 4.78 is 5.29. The van der Waals surface area contributed by atoms with E-state index in [-0.39, 0.29) is 24.3 Å². The highest BCUT2D eigenvalue weighted by atomic mass is 16.6. The van der Waals surface area contributed by atoms with Crippen molar-refractivity contribution >= 4 is 11.9 Å². The molecule has 1 fully saturated rings. The van der Waals surface area contributed by atoms with Crippen molar-refractivity contribution in [2.75, 3.05) is 13.1 Å². The third-order valence-corrected chi connectivity index (χ3v) is 4.43. The molecule has 1 aromatic rings. The predicted octanol–water partition coefficient (Wildman–Crippen LogP) is 2.93. The van der Waals surface area contributed by atoms with Crippen LogP contribution in [0.3, 0.4) is 0 Å². The molecule has 1 aliphatic heterocycles. The fraction of sp³-hybridized carbons (Fsp3) is 0.412. The van der Waals surface area contributed by atoms with Crippen LogP contribution in [0.4, 0.5) is 4.79 Å². The third kappa shape index (κ3) is 2.84. The molecule has 0 radical (unpaired) electrons. The molecule has 0 aromatic heterocycles. The molecule has 0 atom stereocenters. The lowest BCUT2D eigenvalue weighted by Gasteiger charge is -2.37. The maximum atomic E-state index is 12.3. The number of carbonyl (C=O) groups is 2. The number of benzene rings is 1. The van der Waals surface area contributed by atoms with Gasteiger partial charge in [-0.2, -0.15) is 0 Å². The molecule has 0 unspecified atom stereocenters. The van der Waals surface area contributed by atoms with Crippen LogP contribution in [0.5, 0.6) is 0 Å². The molecule has 4 nitrogen and oxygen atoms in total. The molecule has 0 saturated carbocycles. The number of hydrogen-bond donors (Lipinski definition) is 0. The minimum atomic E-state index is -0.395. The van der Waals surface area contributed by atoms with Crippen molar-refractivity contribution in [1.29, 1.82) is 0 Å². The van der Waals surface area contributed by atoms with Gasteiger partial charge in [-0.15, -0.1) is 0 Å². The van der Waals surface area contributed by atoms with E-state index in [1.54, 1.807) is 0 Å². The molecule has 1 heterocycles. The second-order valence-electron chi connectivity index (χ2n) is 5.79. The topological polar surface area (TPSA) is 46.6 Å². The van der Waals surface area contributed by atoms with E-state index >= 15 is 0 Å². The second-order valence-corrected chi connectivity index (χ2v) is 5.79. The highest BCUT2D eigenvalue weighted by Gasteiger charge is 2.43. The van der Waals surface area contributed by atoms with Crippen molar-refractivity contribution < 1.29 is 14.3 Å². The molecule has 1 aliphatic carbocycles. The van der Waals surface area contributed by atoms with E-state index in [1.165, 1.54) is 4.90 Å². The number of allylic oxidation sites excluding steroid dienone is 2. The van der Waals surface area contributed by atoms with Crippen LogP contribution in [0, 0.1) is 5.41 Å². The number of ketones is 1. The predicted molar refractivity (Wildman–Crippen MR) is 78.6 cm³/mol. The molecular formula is C17H19NO3. The number of piperidine rings is 1. The van der Waals surface area contributed by atoms with Gasteiger partial charge in [0, 0.05) is 12.0 Å². The van der Waals surface area contributed by atoms with Crippen LogP contribution in [0.15, 0.2) is 42.5 Å². The lowest BCUT2D eigenvalue weighted by Crippen LogP contribution is -2.49. The summed E-state index contributed by atoms with van der Waals surface area (Å²) in [4.78, 5) is 25.9. The van der Waals surface area contributed by atoms with Crippen LogP contribution >= 0.6 is 0 Å². The van der Waals surface area contributed by atoms with E-state index in [0.29, 0.717) is 6.54 Å². The molecule has 4 heteroatoms. The number of amides is 1. The zero-order valence-corrected chi connectivity index (χ0v) is 12.0. The Morgan fingerprint density at radius 1 is 1.19 bits per heavy atom. The molecule has 0 bridgehead atoms. The van der Waals surface area contributed by atoms with Crippen LogP contribution in [-0.2, 0) is 16.1 Å². The lowest BCUT2D eigenvalue weighted by molar-refractivity contribution is -0.132. The molecule has 110 valence electrons. The van der Waals surface area contributed by atoms with E-state index < -0.39 is 6.09 Å². The summed E-state index contributed by atoms with van der Waals surface area (Å²) in [6.45, 7) is 1.02. The quantitative estimate of drug-likeness (QED) is 0.785. The summed E-state index contributed by atoms with van der Waals surface area (Å²) in [5.74, 6) is 0.162. The Bertz CT molecular complexity index is 557. The van der Waals surface area contributed by atoms with Crippen LogP contribution in [0.2, 0.25) is 0 Å². The summed E-state index contributed by atoms with van der Waals surface area (Å²) in [5.41, 5.74) is 0.710. The van der Waals surface area contributed by atoms with Crippen molar-refractivity contribution in [3.05, 3.63) is 48.0 Å². The normalized spacial score (nSPS) is 20.0. The van der Waals surface area contributed by atoms with Gasteiger partial charge in [0.15, 0.2) is 5.78 Å². The summed E-state index contributed by atoms with van der Waals surface area (Å²) >= 11 is 0. The minimum Gasteiger partial charge on any atom is -0.445 e. The highest BCUT2D eigenvalue weighted by Crippen LogP contribution is 2.40. The van der Waals surface area contributed by atoms with Gasteiger partial charge < -0.3 is 9.64 Å². The molecule has 2 aliphatic rings. The van der Waals surface area contributed by atoms with Crippen molar-refractivity contribution in [2.24, 2.45) is 5.41 Å². The van der Waals surface area contributed by atoms with E-state index in [9.17, 15) is 9.59 Å². The van der Waals surface area contributed by atoms with Gasteiger partial charge in [-0.25, -0.2) is 4.79 Å². The van der Waals surface area contributed by atoms with Gasteiger partial charge in [0.1, 0.15) is 6.61 Å². The number of hydrogen-bond acceptors (Lipinski definition) is 3. The minimum absolute atomic E-state index is 0.162. The molecule has 1 spiro atoms. The Morgan fingerprint density at radius 3 is 2.57 bits per heavy atom. The van der Waals surface area contributed by atoms with Crippen molar-refractivity contribution in [3.63, 3.8) is 0 Å². The standard InChI is InChI=1S/C17H19NO3/c19-15-12-18(11-10-17(15)8-4-5-9-17)16(20)21-13-14-6-2-1-3-7-14/h1-7H,8-13H2. The zero-order chi connectivity index (χ0) is 14.7. The third-order valence-electron chi connectivity index (χ3n) is 4.43. The van der Waals surface area contributed by atoms with Crippen LogP contribution in [-0.4, -0.2) is 29.9 Å². The average Bonchev–Trinajstić information content (AvgIpc) is 2.99. The van der Waals surface area contributed by atoms with Gasteiger partial charge in [-0.05, 0) is 24.8 Å². The summed E-state index contributed by atoms with van der Waals surface area (Å²) in [6.07, 6.45) is 6.12. The molecule has 1 aromatic carbocycles. The first-order chi connectivity index (χ1) is 10.2. The maximum absolute atomic E-state index is 12.3.